The Bertz CT molecular complexity index is 258. The molecule has 0 radical (unpaired) electrons. The molecule has 4 nitrogen and oxygen atoms in total. The Morgan fingerprint density at radius 3 is 2.39 bits per heavy atom. The minimum absolute atomic E-state index is 0.312. The molecule has 1 saturated heterocycles. The number of carbonyl (C=O) groups is 1. The SMILES string of the molecule is NCCN(CC(=O)N1CCCC1)C1CCCCC1. The molecule has 4 heteroatoms. The number of hydrogen-bond donors (Lipinski definition) is 1. The van der Waals surface area contributed by atoms with Crippen LogP contribution in [0.5, 0.6) is 0 Å². The molecule has 2 fully saturated rings. The Hall–Kier alpha value is -0.610. The van der Waals surface area contributed by atoms with Crippen molar-refractivity contribution < 1.29 is 4.79 Å². The second-order valence-electron chi connectivity index (χ2n) is 5.64. The van der Waals surface area contributed by atoms with Crippen LogP contribution in [-0.4, -0.2) is 54.5 Å². The number of rotatable bonds is 5. The van der Waals surface area contributed by atoms with Crippen molar-refractivity contribution in [2.75, 3.05) is 32.7 Å². The molecule has 0 aromatic rings. The van der Waals surface area contributed by atoms with E-state index in [1.807, 2.05) is 4.90 Å². The summed E-state index contributed by atoms with van der Waals surface area (Å²) in [5.41, 5.74) is 5.70. The lowest BCUT2D eigenvalue weighted by atomic mass is 9.94. The summed E-state index contributed by atoms with van der Waals surface area (Å²) in [6, 6.07) is 0.592. The van der Waals surface area contributed by atoms with E-state index in [0.717, 1.165) is 19.6 Å². The highest BCUT2D eigenvalue weighted by molar-refractivity contribution is 5.78. The molecule has 0 unspecified atom stereocenters. The predicted octanol–water partition coefficient (Wildman–Crippen LogP) is 1.20. The number of nitrogens with zero attached hydrogens (tertiary/aromatic N) is 2. The van der Waals surface area contributed by atoms with E-state index >= 15 is 0 Å². The molecule has 1 heterocycles. The Kier molecular flexibility index (Phi) is 5.45. The van der Waals surface area contributed by atoms with Gasteiger partial charge in [0.05, 0.1) is 6.54 Å². The van der Waals surface area contributed by atoms with Gasteiger partial charge in [-0.25, -0.2) is 0 Å². The summed E-state index contributed by atoms with van der Waals surface area (Å²) in [5, 5.41) is 0. The van der Waals surface area contributed by atoms with Crippen LogP contribution in [0.15, 0.2) is 0 Å². The maximum Gasteiger partial charge on any atom is 0.236 e. The van der Waals surface area contributed by atoms with Crippen molar-refractivity contribution in [3.63, 3.8) is 0 Å². The molecule has 0 bridgehead atoms. The smallest absolute Gasteiger partial charge is 0.236 e. The number of hydrogen-bond acceptors (Lipinski definition) is 3. The normalized spacial score (nSPS) is 21.8. The van der Waals surface area contributed by atoms with Gasteiger partial charge in [0.25, 0.3) is 0 Å². The summed E-state index contributed by atoms with van der Waals surface area (Å²) in [7, 11) is 0. The molecule has 2 N–H and O–H groups in total. The van der Waals surface area contributed by atoms with Crippen LogP contribution < -0.4 is 5.73 Å². The standard InChI is InChI=1S/C14H27N3O/c15-8-11-17(13-6-2-1-3-7-13)12-14(18)16-9-4-5-10-16/h13H,1-12,15H2. The predicted molar refractivity (Wildman–Crippen MR) is 73.3 cm³/mol. The third-order valence-electron chi connectivity index (χ3n) is 4.30. The molecule has 0 spiro atoms. The van der Waals surface area contributed by atoms with Crippen molar-refractivity contribution in [1.82, 2.24) is 9.80 Å². The van der Waals surface area contributed by atoms with E-state index in [4.69, 9.17) is 5.73 Å². The molecular formula is C14H27N3O. The van der Waals surface area contributed by atoms with Crippen LogP contribution in [0.2, 0.25) is 0 Å². The molecule has 1 aliphatic carbocycles. The van der Waals surface area contributed by atoms with Crippen LogP contribution >= 0.6 is 0 Å². The summed E-state index contributed by atoms with van der Waals surface area (Å²) in [6.45, 7) is 4.02. The van der Waals surface area contributed by atoms with Crippen molar-refractivity contribution in [2.24, 2.45) is 5.73 Å². The highest BCUT2D eigenvalue weighted by Gasteiger charge is 2.25. The van der Waals surface area contributed by atoms with Crippen LogP contribution in [0.3, 0.4) is 0 Å². The molecule has 1 aliphatic heterocycles. The number of nitrogens with two attached hydrogens (primary N) is 1. The fourth-order valence-electron chi connectivity index (χ4n) is 3.24. The molecule has 18 heavy (non-hydrogen) atoms. The zero-order valence-corrected chi connectivity index (χ0v) is 11.4. The van der Waals surface area contributed by atoms with E-state index < -0.39 is 0 Å². The van der Waals surface area contributed by atoms with Crippen LogP contribution in [0.1, 0.15) is 44.9 Å². The number of likely N-dealkylation sites (tertiary alicyclic amines) is 1. The van der Waals surface area contributed by atoms with Gasteiger partial charge in [-0.3, -0.25) is 9.69 Å². The first-order valence-electron chi connectivity index (χ1n) is 7.53. The van der Waals surface area contributed by atoms with Gasteiger partial charge in [0.15, 0.2) is 0 Å². The van der Waals surface area contributed by atoms with E-state index in [9.17, 15) is 4.79 Å². The topological polar surface area (TPSA) is 49.6 Å². The molecule has 1 saturated carbocycles. The van der Waals surface area contributed by atoms with Crippen molar-refractivity contribution in [3.8, 4) is 0 Å². The Labute approximate surface area is 110 Å². The van der Waals surface area contributed by atoms with Gasteiger partial charge in [0.2, 0.25) is 5.91 Å². The molecule has 2 rings (SSSR count). The van der Waals surface area contributed by atoms with Gasteiger partial charge in [-0.1, -0.05) is 19.3 Å². The highest BCUT2D eigenvalue weighted by Crippen LogP contribution is 2.22. The minimum atomic E-state index is 0.312. The number of amides is 1. The van der Waals surface area contributed by atoms with Gasteiger partial charge in [-0.05, 0) is 25.7 Å². The lowest BCUT2D eigenvalue weighted by Gasteiger charge is -2.34. The Balaban J connectivity index is 1.85. The summed E-state index contributed by atoms with van der Waals surface area (Å²) in [4.78, 5) is 16.6. The van der Waals surface area contributed by atoms with Crippen molar-refractivity contribution in [1.29, 1.82) is 0 Å². The highest BCUT2D eigenvalue weighted by atomic mass is 16.2. The maximum absolute atomic E-state index is 12.2. The second-order valence-corrected chi connectivity index (χ2v) is 5.64. The Morgan fingerprint density at radius 1 is 1.11 bits per heavy atom. The van der Waals surface area contributed by atoms with Crippen LogP contribution in [0, 0.1) is 0 Å². The van der Waals surface area contributed by atoms with Crippen molar-refractivity contribution in [2.45, 2.75) is 51.0 Å². The number of carbonyl (C=O) groups excluding carboxylic acids is 1. The lowest BCUT2D eigenvalue weighted by molar-refractivity contribution is -0.132. The van der Waals surface area contributed by atoms with Crippen LogP contribution in [-0.2, 0) is 4.79 Å². The quantitative estimate of drug-likeness (QED) is 0.801. The molecule has 0 aromatic carbocycles. The van der Waals surface area contributed by atoms with Gasteiger partial charge >= 0.3 is 0 Å². The van der Waals surface area contributed by atoms with E-state index in [-0.39, 0.29) is 0 Å². The zero-order valence-electron chi connectivity index (χ0n) is 11.4. The van der Waals surface area contributed by atoms with Gasteiger partial charge in [0.1, 0.15) is 0 Å². The molecule has 2 aliphatic rings. The lowest BCUT2D eigenvalue weighted by Crippen LogP contribution is -2.46. The molecular weight excluding hydrogens is 226 g/mol. The summed E-state index contributed by atoms with van der Waals surface area (Å²) in [6.07, 6.45) is 8.80. The third kappa shape index (κ3) is 3.69. The van der Waals surface area contributed by atoms with E-state index in [0.29, 0.717) is 25.0 Å². The summed E-state index contributed by atoms with van der Waals surface area (Å²) < 4.78 is 0. The maximum atomic E-state index is 12.2. The second kappa shape index (κ2) is 7.10. The molecule has 0 aromatic heterocycles. The average molecular weight is 253 g/mol. The fourth-order valence-corrected chi connectivity index (χ4v) is 3.24. The molecule has 0 atom stereocenters. The van der Waals surface area contributed by atoms with Crippen molar-refractivity contribution >= 4 is 5.91 Å². The summed E-state index contributed by atoms with van der Waals surface area (Å²) >= 11 is 0. The monoisotopic (exact) mass is 253 g/mol. The molecule has 1 amide bonds. The first-order valence-corrected chi connectivity index (χ1v) is 7.53. The largest absolute Gasteiger partial charge is 0.342 e. The van der Waals surface area contributed by atoms with Gasteiger partial charge in [-0.15, -0.1) is 0 Å². The Morgan fingerprint density at radius 2 is 1.78 bits per heavy atom. The first-order chi connectivity index (χ1) is 8.81. The van der Waals surface area contributed by atoms with Gasteiger partial charge in [0, 0.05) is 32.2 Å². The minimum Gasteiger partial charge on any atom is -0.342 e. The third-order valence-corrected chi connectivity index (χ3v) is 4.30. The van der Waals surface area contributed by atoms with Crippen LogP contribution in [0.4, 0.5) is 0 Å². The van der Waals surface area contributed by atoms with E-state index in [1.165, 1.54) is 44.9 Å². The first kappa shape index (κ1) is 13.8. The van der Waals surface area contributed by atoms with Crippen molar-refractivity contribution in [3.05, 3.63) is 0 Å². The fraction of sp³-hybridized carbons (Fsp3) is 0.929. The van der Waals surface area contributed by atoms with E-state index in [2.05, 4.69) is 4.90 Å². The zero-order chi connectivity index (χ0) is 12.8. The van der Waals surface area contributed by atoms with Crippen LogP contribution in [0.25, 0.3) is 0 Å². The van der Waals surface area contributed by atoms with Gasteiger partial charge in [-0.2, -0.15) is 0 Å². The van der Waals surface area contributed by atoms with Gasteiger partial charge < -0.3 is 10.6 Å². The summed E-state index contributed by atoms with van der Waals surface area (Å²) in [5.74, 6) is 0.312. The molecule has 104 valence electrons. The average Bonchev–Trinajstić information content (AvgIpc) is 2.93. The van der Waals surface area contributed by atoms with E-state index in [1.54, 1.807) is 0 Å².